The molecule has 2 N–H and O–H groups in total. The van der Waals surface area contributed by atoms with E-state index in [0.29, 0.717) is 6.54 Å². The molecule has 1 atom stereocenters. The average molecular weight is 251 g/mol. The molecular formula is C12H17N3O3. The predicted octanol–water partition coefficient (Wildman–Crippen LogP) is 0.944. The molecule has 18 heavy (non-hydrogen) atoms. The van der Waals surface area contributed by atoms with Gasteiger partial charge >= 0.3 is 12.0 Å². The van der Waals surface area contributed by atoms with Crippen LogP contribution in [0.4, 0.5) is 4.79 Å². The van der Waals surface area contributed by atoms with Gasteiger partial charge in [0.25, 0.3) is 0 Å². The number of amides is 2. The third-order valence-corrected chi connectivity index (χ3v) is 2.51. The molecule has 1 heterocycles. The van der Waals surface area contributed by atoms with Gasteiger partial charge in [0.2, 0.25) is 0 Å². The summed E-state index contributed by atoms with van der Waals surface area (Å²) < 4.78 is 0. The van der Waals surface area contributed by atoms with Gasteiger partial charge in [0.05, 0.1) is 5.92 Å². The number of pyridine rings is 1. The van der Waals surface area contributed by atoms with Crippen LogP contribution in [0.5, 0.6) is 0 Å². The van der Waals surface area contributed by atoms with E-state index >= 15 is 0 Å². The van der Waals surface area contributed by atoms with Crippen LogP contribution in [-0.4, -0.2) is 40.6 Å². The van der Waals surface area contributed by atoms with E-state index in [4.69, 9.17) is 5.11 Å². The molecule has 0 spiro atoms. The molecule has 98 valence electrons. The summed E-state index contributed by atoms with van der Waals surface area (Å²) in [7, 11) is 1.57. The minimum atomic E-state index is -0.913. The molecule has 0 aromatic carbocycles. The van der Waals surface area contributed by atoms with E-state index < -0.39 is 11.9 Å². The molecule has 0 fully saturated rings. The van der Waals surface area contributed by atoms with E-state index in [-0.39, 0.29) is 12.6 Å². The highest BCUT2D eigenvalue weighted by Gasteiger charge is 2.16. The minimum Gasteiger partial charge on any atom is -0.481 e. The van der Waals surface area contributed by atoms with Crippen molar-refractivity contribution in [2.75, 3.05) is 13.6 Å². The van der Waals surface area contributed by atoms with Gasteiger partial charge in [-0.3, -0.25) is 9.78 Å². The van der Waals surface area contributed by atoms with Gasteiger partial charge in [-0.05, 0) is 17.7 Å². The van der Waals surface area contributed by atoms with Gasteiger partial charge in [-0.25, -0.2) is 4.79 Å². The quantitative estimate of drug-likeness (QED) is 0.816. The minimum absolute atomic E-state index is 0.178. The molecule has 0 saturated heterocycles. The van der Waals surface area contributed by atoms with E-state index in [1.165, 1.54) is 4.90 Å². The molecule has 1 rings (SSSR count). The Morgan fingerprint density at radius 3 is 2.61 bits per heavy atom. The second-order valence-corrected chi connectivity index (χ2v) is 4.13. The number of hydrogen-bond donors (Lipinski definition) is 2. The number of nitrogens with one attached hydrogen (secondary N) is 1. The summed E-state index contributed by atoms with van der Waals surface area (Å²) in [5.41, 5.74) is 0.943. The van der Waals surface area contributed by atoms with Crippen LogP contribution in [0.2, 0.25) is 0 Å². The van der Waals surface area contributed by atoms with Crippen molar-refractivity contribution in [3.63, 3.8) is 0 Å². The Kier molecular flexibility index (Phi) is 5.10. The van der Waals surface area contributed by atoms with E-state index in [2.05, 4.69) is 10.3 Å². The smallest absolute Gasteiger partial charge is 0.317 e. The van der Waals surface area contributed by atoms with Gasteiger partial charge in [0.15, 0.2) is 0 Å². The maximum Gasteiger partial charge on any atom is 0.317 e. The third-order valence-electron chi connectivity index (χ3n) is 2.51. The summed E-state index contributed by atoms with van der Waals surface area (Å²) in [6, 6.07) is 3.32. The average Bonchev–Trinajstić information content (AvgIpc) is 2.36. The second-order valence-electron chi connectivity index (χ2n) is 4.13. The van der Waals surface area contributed by atoms with Crippen molar-refractivity contribution in [1.82, 2.24) is 15.2 Å². The van der Waals surface area contributed by atoms with Crippen LogP contribution in [0.25, 0.3) is 0 Å². The summed E-state index contributed by atoms with van der Waals surface area (Å²) in [5, 5.41) is 11.5. The SMILES string of the molecule is CC(CN(C)C(=O)NCc1ccncc1)C(=O)O. The number of urea groups is 1. The lowest BCUT2D eigenvalue weighted by molar-refractivity contribution is -0.141. The molecule has 0 bridgehead atoms. The first kappa shape index (κ1) is 14.0. The highest BCUT2D eigenvalue weighted by Crippen LogP contribution is 2.00. The van der Waals surface area contributed by atoms with E-state index in [9.17, 15) is 9.59 Å². The fourth-order valence-electron chi connectivity index (χ4n) is 1.39. The molecule has 2 amide bonds. The molecule has 1 aromatic rings. The Balaban J connectivity index is 2.39. The van der Waals surface area contributed by atoms with Crippen molar-refractivity contribution in [2.45, 2.75) is 13.5 Å². The van der Waals surface area contributed by atoms with Crippen LogP contribution in [0.15, 0.2) is 24.5 Å². The molecular weight excluding hydrogens is 234 g/mol. The van der Waals surface area contributed by atoms with Gasteiger partial charge in [-0.15, -0.1) is 0 Å². The third kappa shape index (κ3) is 4.40. The predicted molar refractivity (Wildman–Crippen MR) is 65.9 cm³/mol. The molecule has 0 aliphatic carbocycles. The largest absolute Gasteiger partial charge is 0.481 e. The van der Waals surface area contributed by atoms with Crippen molar-refractivity contribution in [2.24, 2.45) is 5.92 Å². The van der Waals surface area contributed by atoms with Gasteiger partial charge in [-0.1, -0.05) is 6.92 Å². The van der Waals surface area contributed by atoms with Crippen LogP contribution in [0.3, 0.4) is 0 Å². The summed E-state index contributed by atoms with van der Waals surface area (Å²) in [6.45, 7) is 2.14. The summed E-state index contributed by atoms with van der Waals surface area (Å²) in [5.74, 6) is -1.49. The zero-order valence-electron chi connectivity index (χ0n) is 10.5. The number of hydrogen-bond acceptors (Lipinski definition) is 3. The maximum absolute atomic E-state index is 11.7. The molecule has 0 radical (unpaired) electrons. The number of carboxylic acid groups (broad SMARTS) is 1. The van der Waals surface area contributed by atoms with Crippen molar-refractivity contribution in [3.8, 4) is 0 Å². The molecule has 1 aromatic heterocycles. The Labute approximate surface area is 106 Å². The summed E-state index contributed by atoms with van der Waals surface area (Å²) >= 11 is 0. The van der Waals surface area contributed by atoms with E-state index in [1.54, 1.807) is 38.5 Å². The van der Waals surface area contributed by atoms with Crippen molar-refractivity contribution in [3.05, 3.63) is 30.1 Å². The van der Waals surface area contributed by atoms with Crippen LogP contribution >= 0.6 is 0 Å². The van der Waals surface area contributed by atoms with Crippen LogP contribution in [0, 0.1) is 5.92 Å². The van der Waals surface area contributed by atoms with Crippen molar-refractivity contribution < 1.29 is 14.7 Å². The Bertz CT molecular complexity index is 408. The number of carboxylic acids is 1. The Morgan fingerprint density at radius 2 is 2.06 bits per heavy atom. The van der Waals surface area contributed by atoms with E-state index in [1.807, 2.05) is 0 Å². The van der Waals surface area contributed by atoms with Crippen LogP contribution in [-0.2, 0) is 11.3 Å². The molecule has 1 unspecified atom stereocenters. The van der Waals surface area contributed by atoms with Gasteiger partial charge in [0.1, 0.15) is 0 Å². The standard InChI is InChI=1S/C12H17N3O3/c1-9(11(16)17)8-15(2)12(18)14-7-10-3-5-13-6-4-10/h3-6,9H,7-8H2,1-2H3,(H,14,18)(H,16,17). The number of nitrogens with zero attached hydrogens (tertiary/aromatic N) is 2. The number of carbonyl (C=O) groups is 2. The molecule has 0 saturated carbocycles. The molecule has 0 aliphatic heterocycles. The normalized spacial score (nSPS) is 11.7. The van der Waals surface area contributed by atoms with Crippen LogP contribution in [0.1, 0.15) is 12.5 Å². The topological polar surface area (TPSA) is 82.5 Å². The number of rotatable bonds is 5. The van der Waals surface area contributed by atoms with Crippen molar-refractivity contribution in [1.29, 1.82) is 0 Å². The fourth-order valence-corrected chi connectivity index (χ4v) is 1.39. The van der Waals surface area contributed by atoms with E-state index in [0.717, 1.165) is 5.56 Å². The number of aromatic nitrogens is 1. The summed E-state index contributed by atoms with van der Waals surface area (Å²) in [6.07, 6.45) is 3.30. The monoisotopic (exact) mass is 251 g/mol. The fraction of sp³-hybridized carbons (Fsp3) is 0.417. The van der Waals surface area contributed by atoms with Gasteiger partial charge in [-0.2, -0.15) is 0 Å². The van der Waals surface area contributed by atoms with Gasteiger partial charge in [0, 0.05) is 32.5 Å². The Morgan fingerprint density at radius 1 is 1.44 bits per heavy atom. The van der Waals surface area contributed by atoms with Crippen molar-refractivity contribution >= 4 is 12.0 Å². The first-order chi connectivity index (χ1) is 8.50. The molecule has 6 heteroatoms. The highest BCUT2D eigenvalue weighted by atomic mass is 16.4. The molecule has 0 aliphatic rings. The van der Waals surface area contributed by atoms with Gasteiger partial charge < -0.3 is 15.3 Å². The first-order valence-corrected chi connectivity index (χ1v) is 5.61. The zero-order valence-corrected chi connectivity index (χ0v) is 10.5. The lowest BCUT2D eigenvalue weighted by Crippen LogP contribution is -2.40. The second kappa shape index (κ2) is 6.58. The summed E-state index contributed by atoms with van der Waals surface area (Å²) in [4.78, 5) is 27.6. The first-order valence-electron chi connectivity index (χ1n) is 5.61. The number of carbonyl (C=O) groups excluding carboxylic acids is 1. The lowest BCUT2D eigenvalue weighted by Gasteiger charge is -2.19. The van der Waals surface area contributed by atoms with Crippen LogP contribution < -0.4 is 5.32 Å². The zero-order chi connectivity index (χ0) is 13.5. The highest BCUT2D eigenvalue weighted by molar-refractivity contribution is 5.75. The lowest BCUT2D eigenvalue weighted by atomic mass is 10.2. The number of aliphatic carboxylic acids is 1. The molecule has 6 nitrogen and oxygen atoms in total. The maximum atomic E-state index is 11.7. The Hall–Kier alpha value is -2.11.